The van der Waals surface area contributed by atoms with Gasteiger partial charge in [-0.1, -0.05) is 26.2 Å². The van der Waals surface area contributed by atoms with Gasteiger partial charge in [0.15, 0.2) is 0 Å². The number of nitrogens with one attached hydrogen (secondary N) is 1. The van der Waals surface area contributed by atoms with Gasteiger partial charge in [0, 0.05) is 12.6 Å². The van der Waals surface area contributed by atoms with Crippen molar-refractivity contribution < 1.29 is 10.2 Å². The molecular formula is C13H27NO2. The van der Waals surface area contributed by atoms with Crippen molar-refractivity contribution in [2.45, 2.75) is 64.0 Å². The van der Waals surface area contributed by atoms with Gasteiger partial charge in [0.05, 0.1) is 12.2 Å². The van der Waals surface area contributed by atoms with E-state index in [1.54, 1.807) is 6.92 Å². The molecule has 0 bridgehead atoms. The average molecular weight is 229 g/mol. The lowest BCUT2D eigenvalue weighted by atomic mass is 9.97. The van der Waals surface area contributed by atoms with E-state index in [2.05, 4.69) is 12.2 Å². The molecule has 3 unspecified atom stereocenters. The number of aliphatic hydroxyl groups excluding tert-OH is 1. The quantitative estimate of drug-likeness (QED) is 0.629. The van der Waals surface area contributed by atoms with Crippen LogP contribution in [0.2, 0.25) is 0 Å². The molecule has 1 fully saturated rings. The zero-order valence-electron chi connectivity index (χ0n) is 10.7. The maximum absolute atomic E-state index is 9.71. The van der Waals surface area contributed by atoms with Gasteiger partial charge in [-0.15, -0.1) is 0 Å². The van der Waals surface area contributed by atoms with Crippen molar-refractivity contribution in [1.82, 2.24) is 5.32 Å². The molecule has 96 valence electrons. The van der Waals surface area contributed by atoms with E-state index in [1.165, 1.54) is 38.5 Å². The second-order valence-corrected chi connectivity index (χ2v) is 5.52. The molecule has 1 aliphatic rings. The zero-order valence-corrected chi connectivity index (χ0v) is 10.7. The Balaban J connectivity index is 2.27. The Kier molecular flexibility index (Phi) is 5.73. The standard InChI is InChI=1S/C13H27NO2/c1-3-11-5-4-6-12(8-7-11)14-9-13(2,16)10-15/h11-12,14-16H,3-10H2,1-2H3. The minimum atomic E-state index is -0.976. The van der Waals surface area contributed by atoms with Crippen molar-refractivity contribution in [3.05, 3.63) is 0 Å². The zero-order chi connectivity index (χ0) is 12.0. The number of hydrogen-bond donors (Lipinski definition) is 3. The fourth-order valence-electron chi connectivity index (χ4n) is 2.41. The SMILES string of the molecule is CCC1CCCC(NCC(C)(O)CO)CC1. The van der Waals surface area contributed by atoms with Crippen LogP contribution in [0.5, 0.6) is 0 Å². The van der Waals surface area contributed by atoms with Crippen LogP contribution in [0.15, 0.2) is 0 Å². The summed E-state index contributed by atoms with van der Waals surface area (Å²) in [5.41, 5.74) is -0.976. The minimum Gasteiger partial charge on any atom is -0.393 e. The molecule has 0 aliphatic heterocycles. The van der Waals surface area contributed by atoms with Gasteiger partial charge in [-0.05, 0) is 32.1 Å². The van der Waals surface area contributed by atoms with Crippen molar-refractivity contribution >= 4 is 0 Å². The van der Waals surface area contributed by atoms with Crippen molar-refractivity contribution in [2.24, 2.45) is 5.92 Å². The van der Waals surface area contributed by atoms with Gasteiger partial charge in [0.1, 0.15) is 0 Å². The first kappa shape index (κ1) is 13.9. The Morgan fingerprint density at radius 3 is 2.62 bits per heavy atom. The third kappa shape index (κ3) is 4.81. The van der Waals surface area contributed by atoms with Crippen LogP contribution in [0.1, 0.15) is 52.4 Å². The van der Waals surface area contributed by atoms with Crippen LogP contribution in [0, 0.1) is 5.92 Å². The van der Waals surface area contributed by atoms with Crippen LogP contribution in [0.25, 0.3) is 0 Å². The average Bonchev–Trinajstić information content (AvgIpc) is 2.51. The second kappa shape index (κ2) is 6.58. The number of aliphatic hydroxyl groups is 2. The van der Waals surface area contributed by atoms with Crippen LogP contribution in [0.4, 0.5) is 0 Å². The fraction of sp³-hybridized carbons (Fsp3) is 1.00. The topological polar surface area (TPSA) is 52.5 Å². The Bertz CT molecular complexity index is 194. The molecule has 0 saturated heterocycles. The second-order valence-electron chi connectivity index (χ2n) is 5.52. The molecule has 1 aliphatic carbocycles. The van der Waals surface area contributed by atoms with Crippen LogP contribution >= 0.6 is 0 Å². The summed E-state index contributed by atoms with van der Waals surface area (Å²) in [7, 11) is 0. The molecule has 0 aromatic heterocycles. The number of hydrogen-bond acceptors (Lipinski definition) is 3. The summed E-state index contributed by atoms with van der Waals surface area (Å²) in [5, 5.41) is 22.1. The van der Waals surface area contributed by atoms with Crippen molar-refractivity contribution in [3.63, 3.8) is 0 Å². The lowest BCUT2D eigenvalue weighted by Gasteiger charge is -2.25. The third-order valence-corrected chi connectivity index (χ3v) is 3.78. The summed E-state index contributed by atoms with van der Waals surface area (Å²) in [6, 6.07) is 0.523. The predicted molar refractivity (Wildman–Crippen MR) is 66.4 cm³/mol. The van der Waals surface area contributed by atoms with E-state index in [-0.39, 0.29) is 6.61 Å². The summed E-state index contributed by atoms with van der Waals surface area (Å²) in [5.74, 6) is 0.894. The largest absolute Gasteiger partial charge is 0.393 e. The van der Waals surface area contributed by atoms with Crippen molar-refractivity contribution in [1.29, 1.82) is 0 Å². The molecule has 0 aromatic carbocycles. The van der Waals surface area contributed by atoms with Crippen LogP contribution in [-0.4, -0.2) is 35.0 Å². The van der Waals surface area contributed by atoms with Gasteiger partial charge in [-0.2, -0.15) is 0 Å². The predicted octanol–water partition coefficient (Wildman–Crippen LogP) is 1.68. The molecule has 3 heteroatoms. The van der Waals surface area contributed by atoms with Gasteiger partial charge < -0.3 is 15.5 Å². The van der Waals surface area contributed by atoms with Crippen LogP contribution in [0.3, 0.4) is 0 Å². The summed E-state index contributed by atoms with van der Waals surface area (Å²) in [6.45, 7) is 4.26. The summed E-state index contributed by atoms with van der Waals surface area (Å²) in [4.78, 5) is 0. The minimum absolute atomic E-state index is 0.176. The molecule has 0 aromatic rings. The molecule has 0 radical (unpaired) electrons. The molecule has 1 saturated carbocycles. The monoisotopic (exact) mass is 229 g/mol. The van der Waals surface area contributed by atoms with Crippen molar-refractivity contribution in [3.8, 4) is 0 Å². The summed E-state index contributed by atoms with van der Waals surface area (Å²) < 4.78 is 0. The van der Waals surface area contributed by atoms with Crippen LogP contribution < -0.4 is 5.32 Å². The Hall–Kier alpha value is -0.120. The normalized spacial score (nSPS) is 30.8. The molecule has 16 heavy (non-hydrogen) atoms. The summed E-state index contributed by atoms with van der Waals surface area (Å²) >= 11 is 0. The number of rotatable bonds is 5. The van der Waals surface area contributed by atoms with E-state index in [4.69, 9.17) is 5.11 Å². The first-order chi connectivity index (χ1) is 7.57. The lowest BCUT2D eigenvalue weighted by molar-refractivity contribution is 0.000389. The van der Waals surface area contributed by atoms with Gasteiger partial charge in [-0.25, -0.2) is 0 Å². The van der Waals surface area contributed by atoms with Gasteiger partial charge in [0.25, 0.3) is 0 Å². The maximum Gasteiger partial charge on any atom is 0.0972 e. The molecular weight excluding hydrogens is 202 g/mol. The first-order valence-corrected chi connectivity index (χ1v) is 6.64. The molecule has 0 heterocycles. The van der Waals surface area contributed by atoms with E-state index in [0.717, 1.165) is 5.92 Å². The molecule has 3 atom stereocenters. The Morgan fingerprint density at radius 1 is 1.25 bits per heavy atom. The molecule has 1 rings (SSSR count). The van der Waals surface area contributed by atoms with E-state index in [9.17, 15) is 5.11 Å². The highest BCUT2D eigenvalue weighted by molar-refractivity contribution is 4.80. The summed E-state index contributed by atoms with van der Waals surface area (Å²) in [6.07, 6.45) is 7.65. The first-order valence-electron chi connectivity index (χ1n) is 6.64. The highest BCUT2D eigenvalue weighted by Gasteiger charge is 2.22. The Morgan fingerprint density at radius 2 is 2.00 bits per heavy atom. The smallest absolute Gasteiger partial charge is 0.0972 e. The van der Waals surface area contributed by atoms with Gasteiger partial charge in [-0.3, -0.25) is 0 Å². The molecule has 3 nitrogen and oxygen atoms in total. The highest BCUT2D eigenvalue weighted by atomic mass is 16.3. The fourth-order valence-corrected chi connectivity index (χ4v) is 2.41. The van der Waals surface area contributed by atoms with Gasteiger partial charge >= 0.3 is 0 Å². The van der Waals surface area contributed by atoms with Crippen molar-refractivity contribution in [2.75, 3.05) is 13.2 Å². The Labute approximate surface area is 99.3 Å². The third-order valence-electron chi connectivity index (χ3n) is 3.78. The van der Waals surface area contributed by atoms with E-state index < -0.39 is 5.60 Å². The van der Waals surface area contributed by atoms with Crippen LogP contribution in [-0.2, 0) is 0 Å². The molecule has 0 amide bonds. The van der Waals surface area contributed by atoms with E-state index in [1.807, 2.05) is 0 Å². The highest BCUT2D eigenvalue weighted by Crippen LogP contribution is 2.25. The molecule has 3 N–H and O–H groups in total. The maximum atomic E-state index is 9.71. The molecule has 0 spiro atoms. The van der Waals surface area contributed by atoms with E-state index in [0.29, 0.717) is 12.6 Å². The van der Waals surface area contributed by atoms with E-state index >= 15 is 0 Å². The lowest BCUT2D eigenvalue weighted by Crippen LogP contribution is -2.44. The van der Waals surface area contributed by atoms with Gasteiger partial charge in [0.2, 0.25) is 0 Å².